The molecular weight excluding hydrogens is 308 g/mol. The average Bonchev–Trinajstić information content (AvgIpc) is 3.25. The number of imidazole rings is 1. The molecule has 0 unspecified atom stereocenters. The molecular formula is C17H18N4OS. The van der Waals surface area contributed by atoms with Crippen molar-refractivity contribution < 1.29 is 4.79 Å². The number of hydrogen-bond donors (Lipinski definition) is 0. The van der Waals surface area contributed by atoms with Crippen molar-refractivity contribution in [2.24, 2.45) is 0 Å². The van der Waals surface area contributed by atoms with E-state index >= 15 is 0 Å². The number of nitrogens with zero attached hydrogens (tertiary/aromatic N) is 4. The molecule has 0 spiro atoms. The third-order valence-corrected chi connectivity index (χ3v) is 5.35. The van der Waals surface area contributed by atoms with Crippen LogP contribution in [0.5, 0.6) is 0 Å². The summed E-state index contributed by atoms with van der Waals surface area (Å²) in [5.41, 5.74) is 1.94. The molecule has 118 valence electrons. The second kappa shape index (κ2) is 6.12. The van der Waals surface area contributed by atoms with E-state index in [2.05, 4.69) is 9.97 Å². The van der Waals surface area contributed by atoms with Gasteiger partial charge in [0, 0.05) is 30.6 Å². The molecule has 1 aromatic carbocycles. The third kappa shape index (κ3) is 2.86. The van der Waals surface area contributed by atoms with E-state index in [9.17, 15) is 4.79 Å². The lowest BCUT2D eigenvalue weighted by molar-refractivity contribution is -0.133. The van der Waals surface area contributed by atoms with Crippen LogP contribution in [0, 0.1) is 0 Å². The first-order valence-electron chi connectivity index (χ1n) is 7.88. The Bertz CT molecular complexity index is 811. The van der Waals surface area contributed by atoms with E-state index in [-0.39, 0.29) is 5.91 Å². The van der Waals surface area contributed by atoms with Crippen LogP contribution in [0.25, 0.3) is 11.0 Å². The summed E-state index contributed by atoms with van der Waals surface area (Å²) < 4.78 is 1.94. The van der Waals surface area contributed by atoms with Crippen LogP contribution in [0.4, 0.5) is 0 Å². The predicted molar refractivity (Wildman–Crippen MR) is 90.4 cm³/mol. The standard InChI is InChI=1S/C17H18N4OS/c22-16(11-21-12-19-14-5-1-2-6-15(14)21)20-8-3-4-13(10-20)17-18-7-9-23-17/h1-2,5-7,9,12-13H,3-4,8,10-11H2/t13-/m1/s1. The van der Waals surface area contributed by atoms with Crippen molar-refractivity contribution in [1.82, 2.24) is 19.4 Å². The van der Waals surface area contributed by atoms with Gasteiger partial charge in [0.1, 0.15) is 6.54 Å². The fourth-order valence-electron chi connectivity index (χ4n) is 3.22. The van der Waals surface area contributed by atoms with Gasteiger partial charge in [-0.25, -0.2) is 9.97 Å². The van der Waals surface area contributed by atoms with E-state index in [1.165, 1.54) is 0 Å². The van der Waals surface area contributed by atoms with E-state index in [1.807, 2.05) is 45.3 Å². The zero-order valence-electron chi connectivity index (χ0n) is 12.8. The third-order valence-electron chi connectivity index (χ3n) is 4.41. The number of hydrogen-bond acceptors (Lipinski definition) is 4. The van der Waals surface area contributed by atoms with Crippen molar-refractivity contribution in [3.63, 3.8) is 0 Å². The van der Waals surface area contributed by atoms with Crippen LogP contribution < -0.4 is 0 Å². The maximum Gasteiger partial charge on any atom is 0.242 e. The van der Waals surface area contributed by atoms with Gasteiger partial charge in [0.15, 0.2) is 0 Å². The van der Waals surface area contributed by atoms with Gasteiger partial charge in [-0.3, -0.25) is 4.79 Å². The van der Waals surface area contributed by atoms with Crippen molar-refractivity contribution in [1.29, 1.82) is 0 Å². The molecule has 6 heteroatoms. The Hall–Kier alpha value is -2.21. The van der Waals surface area contributed by atoms with Crippen LogP contribution in [0.15, 0.2) is 42.2 Å². The summed E-state index contributed by atoms with van der Waals surface area (Å²) >= 11 is 1.69. The Labute approximate surface area is 138 Å². The Balaban J connectivity index is 1.48. The van der Waals surface area contributed by atoms with E-state index in [4.69, 9.17) is 0 Å². The molecule has 1 fully saturated rings. The van der Waals surface area contributed by atoms with Crippen molar-refractivity contribution in [3.8, 4) is 0 Å². The zero-order valence-corrected chi connectivity index (χ0v) is 13.6. The summed E-state index contributed by atoms with van der Waals surface area (Å²) in [6.45, 7) is 1.97. The monoisotopic (exact) mass is 326 g/mol. The molecule has 1 amide bonds. The van der Waals surface area contributed by atoms with Crippen LogP contribution in [-0.2, 0) is 11.3 Å². The molecule has 0 N–H and O–H groups in total. The number of piperidine rings is 1. The summed E-state index contributed by atoms with van der Waals surface area (Å²) in [5.74, 6) is 0.543. The molecule has 0 radical (unpaired) electrons. The number of rotatable bonds is 3. The quantitative estimate of drug-likeness (QED) is 0.743. The maximum absolute atomic E-state index is 12.7. The number of thiazole rings is 1. The second-order valence-corrected chi connectivity index (χ2v) is 6.84. The molecule has 23 heavy (non-hydrogen) atoms. The predicted octanol–water partition coefficient (Wildman–Crippen LogP) is 2.90. The summed E-state index contributed by atoms with van der Waals surface area (Å²) in [6.07, 6.45) is 5.76. The van der Waals surface area contributed by atoms with Gasteiger partial charge in [0.05, 0.1) is 22.4 Å². The van der Waals surface area contributed by atoms with Gasteiger partial charge in [0.25, 0.3) is 0 Å². The minimum atomic E-state index is 0.161. The zero-order chi connectivity index (χ0) is 15.6. The molecule has 1 saturated heterocycles. The molecule has 2 aromatic heterocycles. The van der Waals surface area contributed by atoms with E-state index in [0.29, 0.717) is 12.5 Å². The summed E-state index contributed by atoms with van der Waals surface area (Å²) in [4.78, 5) is 23.4. The minimum Gasteiger partial charge on any atom is -0.340 e. The maximum atomic E-state index is 12.7. The first kappa shape index (κ1) is 14.4. The number of fused-ring (bicyclic) bond motifs is 1. The number of aromatic nitrogens is 3. The number of benzene rings is 1. The van der Waals surface area contributed by atoms with E-state index in [0.717, 1.165) is 42.0 Å². The molecule has 5 nitrogen and oxygen atoms in total. The van der Waals surface area contributed by atoms with Gasteiger partial charge in [-0.1, -0.05) is 12.1 Å². The number of likely N-dealkylation sites (tertiary alicyclic amines) is 1. The molecule has 4 rings (SSSR count). The highest BCUT2D eigenvalue weighted by Gasteiger charge is 2.26. The molecule has 0 bridgehead atoms. The van der Waals surface area contributed by atoms with Crippen molar-refractivity contribution >= 4 is 28.3 Å². The Morgan fingerprint density at radius 1 is 1.30 bits per heavy atom. The molecule has 3 heterocycles. The number of carbonyl (C=O) groups is 1. The van der Waals surface area contributed by atoms with Crippen LogP contribution >= 0.6 is 11.3 Å². The fourth-order valence-corrected chi connectivity index (χ4v) is 3.99. The largest absolute Gasteiger partial charge is 0.340 e. The number of amides is 1. The normalized spacial score (nSPS) is 18.4. The highest BCUT2D eigenvalue weighted by atomic mass is 32.1. The van der Waals surface area contributed by atoms with Crippen molar-refractivity contribution in [2.45, 2.75) is 25.3 Å². The van der Waals surface area contributed by atoms with Gasteiger partial charge in [-0.05, 0) is 25.0 Å². The first-order chi connectivity index (χ1) is 11.3. The topological polar surface area (TPSA) is 51.0 Å². The highest BCUT2D eigenvalue weighted by molar-refractivity contribution is 7.09. The number of para-hydroxylation sites is 2. The lowest BCUT2D eigenvalue weighted by Gasteiger charge is -2.32. The van der Waals surface area contributed by atoms with Gasteiger partial charge >= 0.3 is 0 Å². The minimum absolute atomic E-state index is 0.161. The van der Waals surface area contributed by atoms with Crippen LogP contribution in [0.3, 0.4) is 0 Å². The molecule has 1 aliphatic heterocycles. The molecule has 3 aromatic rings. The Kier molecular flexibility index (Phi) is 3.83. The lowest BCUT2D eigenvalue weighted by atomic mass is 9.99. The fraction of sp³-hybridized carbons (Fsp3) is 0.353. The number of carbonyl (C=O) groups excluding carboxylic acids is 1. The van der Waals surface area contributed by atoms with Crippen molar-refractivity contribution in [2.75, 3.05) is 13.1 Å². The van der Waals surface area contributed by atoms with Gasteiger partial charge in [0.2, 0.25) is 5.91 Å². The smallest absolute Gasteiger partial charge is 0.242 e. The van der Waals surface area contributed by atoms with E-state index < -0.39 is 0 Å². The molecule has 0 aliphatic carbocycles. The SMILES string of the molecule is O=C(Cn1cnc2ccccc21)N1CCC[C@@H](c2nccs2)C1. The summed E-state index contributed by atoms with van der Waals surface area (Å²) in [7, 11) is 0. The summed E-state index contributed by atoms with van der Waals surface area (Å²) in [5, 5.41) is 3.16. The molecule has 1 aliphatic rings. The summed E-state index contributed by atoms with van der Waals surface area (Å²) in [6, 6.07) is 7.91. The van der Waals surface area contributed by atoms with Crippen LogP contribution in [-0.4, -0.2) is 38.4 Å². The first-order valence-corrected chi connectivity index (χ1v) is 8.76. The van der Waals surface area contributed by atoms with Crippen molar-refractivity contribution in [3.05, 3.63) is 47.2 Å². The van der Waals surface area contributed by atoms with Gasteiger partial charge in [-0.15, -0.1) is 11.3 Å². The van der Waals surface area contributed by atoms with Crippen LogP contribution in [0.1, 0.15) is 23.8 Å². The Morgan fingerprint density at radius 2 is 2.22 bits per heavy atom. The molecule has 0 saturated carbocycles. The Morgan fingerprint density at radius 3 is 3.09 bits per heavy atom. The van der Waals surface area contributed by atoms with E-state index in [1.54, 1.807) is 17.7 Å². The van der Waals surface area contributed by atoms with Crippen LogP contribution in [0.2, 0.25) is 0 Å². The highest BCUT2D eigenvalue weighted by Crippen LogP contribution is 2.28. The van der Waals surface area contributed by atoms with Gasteiger partial charge in [-0.2, -0.15) is 0 Å². The second-order valence-electron chi connectivity index (χ2n) is 5.91. The molecule has 1 atom stereocenters. The van der Waals surface area contributed by atoms with Gasteiger partial charge < -0.3 is 9.47 Å². The lowest BCUT2D eigenvalue weighted by Crippen LogP contribution is -2.40. The average molecular weight is 326 g/mol.